The van der Waals surface area contributed by atoms with Crippen LogP contribution in [0.3, 0.4) is 0 Å². The van der Waals surface area contributed by atoms with Crippen LogP contribution >= 0.6 is 0 Å². The standard InChI is InChI=1S/C25H25NO5/c1-29-22-13-8-18(16-23(22)30-2)14-15-26-24(27)17-31-25(28)21-11-9-20(10-12-21)19-6-4-3-5-7-19/h3-13,16H,14-15,17H2,1-2H3,(H,26,27). The molecule has 0 aliphatic carbocycles. The molecular formula is C25H25NO5. The number of benzene rings is 3. The Kier molecular flexibility index (Phi) is 7.65. The Bertz CT molecular complexity index is 1020. The molecule has 6 nitrogen and oxygen atoms in total. The van der Waals surface area contributed by atoms with Gasteiger partial charge in [-0.1, -0.05) is 48.5 Å². The predicted octanol–water partition coefficient (Wildman–Crippen LogP) is 3.89. The zero-order valence-electron chi connectivity index (χ0n) is 17.6. The van der Waals surface area contributed by atoms with Gasteiger partial charge >= 0.3 is 5.97 Å². The molecule has 160 valence electrons. The number of ether oxygens (including phenoxy) is 3. The van der Waals surface area contributed by atoms with E-state index in [0.717, 1.165) is 16.7 Å². The van der Waals surface area contributed by atoms with E-state index in [0.29, 0.717) is 30.0 Å². The van der Waals surface area contributed by atoms with Crippen molar-refractivity contribution in [1.29, 1.82) is 0 Å². The summed E-state index contributed by atoms with van der Waals surface area (Å²) in [6.45, 7) is 0.0862. The van der Waals surface area contributed by atoms with Gasteiger partial charge in [0.15, 0.2) is 18.1 Å². The fraction of sp³-hybridized carbons (Fsp3) is 0.200. The molecule has 6 heteroatoms. The summed E-state index contributed by atoms with van der Waals surface area (Å²) in [4.78, 5) is 24.2. The molecule has 0 atom stereocenters. The molecule has 0 bridgehead atoms. The summed E-state index contributed by atoms with van der Waals surface area (Å²) in [5.41, 5.74) is 3.47. The quantitative estimate of drug-likeness (QED) is 0.533. The lowest BCUT2D eigenvalue weighted by atomic mass is 10.0. The monoisotopic (exact) mass is 419 g/mol. The highest BCUT2D eigenvalue weighted by atomic mass is 16.5. The maximum absolute atomic E-state index is 12.2. The number of hydrogen-bond acceptors (Lipinski definition) is 5. The van der Waals surface area contributed by atoms with Crippen LogP contribution in [0.1, 0.15) is 15.9 Å². The third-order valence-corrected chi connectivity index (χ3v) is 4.75. The van der Waals surface area contributed by atoms with E-state index in [2.05, 4.69) is 5.32 Å². The number of carbonyl (C=O) groups excluding carboxylic acids is 2. The van der Waals surface area contributed by atoms with E-state index in [1.165, 1.54) is 0 Å². The van der Waals surface area contributed by atoms with Gasteiger partial charge in [0.1, 0.15) is 0 Å². The average Bonchev–Trinajstić information content (AvgIpc) is 2.83. The van der Waals surface area contributed by atoms with Gasteiger partial charge in [0.2, 0.25) is 0 Å². The predicted molar refractivity (Wildman–Crippen MR) is 118 cm³/mol. The van der Waals surface area contributed by atoms with E-state index in [1.807, 2.05) is 60.7 Å². The summed E-state index contributed by atoms with van der Waals surface area (Å²) in [6.07, 6.45) is 0.612. The van der Waals surface area contributed by atoms with Gasteiger partial charge < -0.3 is 19.5 Å². The van der Waals surface area contributed by atoms with E-state index in [-0.39, 0.29) is 12.5 Å². The van der Waals surface area contributed by atoms with Gasteiger partial charge in [-0.25, -0.2) is 4.79 Å². The fourth-order valence-corrected chi connectivity index (χ4v) is 3.08. The molecule has 0 aromatic heterocycles. The molecule has 0 heterocycles. The zero-order chi connectivity index (χ0) is 22.1. The second-order valence-electron chi connectivity index (χ2n) is 6.81. The summed E-state index contributed by atoms with van der Waals surface area (Å²) in [5, 5.41) is 2.75. The Hall–Kier alpha value is -3.80. The smallest absolute Gasteiger partial charge is 0.338 e. The first-order valence-electron chi connectivity index (χ1n) is 9.91. The molecule has 0 saturated carbocycles. The van der Waals surface area contributed by atoms with Gasteiger partial charge in [0.25, 0.3) is 5.91 Å². The van der Waals surface area contributed by atoms with Gasteiger partial charge in [-0.05, 0) is 47.4 Å². The van der Waals surface area contributed by atoms with Crippen molar-refractivity contribution < 1.29 is 23.8 Å². The molecule has 0 saturated heterocycles. The lowest BCUT2D eigenvalue weighted by Crippen LogP contribution is -2.30. The summed E-state index contributed by atoms with van der Waals surface area (Å²) in [7, 11) is 3.16. The SMILES string of the molecule is COc1ccc(CCNC(=O)COC(=O)c2ccc(-c3ccccc3)cc2)cc1OC. The molecule has 3 rings (SSSR count). The van der Waals surface area contributed by atoms with Gasteiger partial charge in [0, 0.05) is 6.54 Å². The van der Waals surface area contributed by atoms with Crippen molar-refractivity contribution in [2.75, 3.05) is 27.4 Å². The highest BCUT2D eigenvalue weighted by Crippen LogP contribution is 2.27. The Labute approximate surface area is 181 Å². The molecular weight excluding hydrogens is 394 g/mol. The number of rotatable bonds is 9. The number of hydrogen-bond donors (Lipinski definition) is 1. The van der Waals surface area contributed by atoms with Crippen molar-refractivity contribution in [3.05, 3.63) is 83.9 Å². The number of nitrogens with one attached hydrogen (secondary N) is 1. The average molecular weight is 419 g/mol. The van der Waals surface area contributed by atoms with Crippen molar-refractivity contribution in [3.63, 3.8) is 0 Å². The van der Waals surface area contributed by atoms with E-state index < -0.39 is 5.97 Å². The van der Waals surface area contributed by atoms with Crippen LogP contribution in [0.4, 0.5) is 0 Å². The zero-order valence-corrected chi connectivity index (χ0v) is 17.6. The van der Waals surface area contributed by atoms with Crippen LogP contribution in [0.25, 0.3) is 11.1 Å². The Morgan fingerprint density at radius 2 is 1.48 bits per heavy atom. The first kappa shape index (κ1) is 21.9. The first-order valence-corrected chi connectivity index (χ1v) is 9.91. The fourth-order valence-electron chi connectivity index (χ4n) is 3.08. The van der Waals surface area contributed by atoms with Crippen LogP contribution in [0.15, 0.2) is 72.8 Å². The van der Waals surface area contributed by atoms with Gasteiger partial charge in [-0.2, -0.15) is 0 Å². The minimum absolute atomic E-state index is 0.328. The Balaban J connectivity index is 1.43. The topological polar surface area (TPSA) is 73.9 Å². The summed E-state index contributed by atoms with van der Waals surface area (Å²) >= 11 is 0. The van der Waals surface area contributed by atoms with Gasteiger partial charge in [-0.3, -0.25) is 4.79 Å². The van der Waals surface area contributed by atoms with Crippen molar-refractivity contribution in [2.45, 2.75) is 6.42 Å². The van der Waals surface area contributed by atoms with E-state index >= 15 is 0 Å². The third kappa shape index (κ3) is 6.09. The number of methoxy groups -OCH3 is 2. The molecule has 1 N–H and O–H groups in total. The minimum atomic E-state index is -0.533. The second kappa shape index (κ2) is 10.8. The molecule has 0 aliphatic rings. The van der Waals surface area contributed by atoms with Crippen LogP contribution in [-0.4, -0.2) is 39.2 Å². The Morgan fingerprint density at radius 1 is 0.806 bits per heavy atom. The lowest BCUT2D eigenvalue weighted by molar-refractivity contribution is -0.124. The minimum Gasteiger partial charge on any atom is -0.493 e. The van der Waals surface area contributed by atoms with Gasteiger partial charge in [-0.15, -0.1) is 0 Å². The Morgan fingerprint density at radius 3 is 2.16 bits per heavy atom. The van der Waals surface area contributed by atoms with Crippen molar-refractivity contribution >= 4 is 11.9 Å². The molecule has 0 aliphatic heterocycles. The van der Waals surface area contributed by atoms with Crippen LogP contribution in [-0.2, 0) is 16.0 Å². The molecule has 0 unspecified atom stereocenters. The van der Waals surface area contributed by atoms with E-state index in [1.54, 1.807) is 26.4 Å². The summed E-state index contributed by atoms with van der Waals surface area (Å²) < 4.78 is 15.6. The maximum Gasteiger partial charge on any atom is 0.338 e. The molecule has 3 aromatic carbocycles. The van der Waals surface area contributed by atoms with Gasteiger partial charge in [0.05, 0.1) is 19.8 Å². The normalized spacial score (nSPS) is 10.3. The van der Waals surface area contributed by atoms with Crippen LogP contribution in [0.2, 0.25) is 0 Å². The van der Waals surface area contributed by atoms with E-state index in [9.17, 15) is 9.59 Å². The highest BCUT2D eigenvalue weighted by Gasteiger charge is 2.11. The lowest BCUT2D eigenvalue weighted by Gasteiger charge is -2.10. The van der Waals surface area contributed by atoms with Crippen molar-refractivity contribution in [1.82, 2.24) is 5.32 Å². The molecule has 0 spiro atoms. The van der Waals surface area contributed by atoms with Crippen LogP contribution in [0.5, 0.6) is 11.5 Å². The van der Waals surface area contributed by atoms with E-state index in [4.69, 9.17) is 14.2 Å². The number of esters is 1. The molecule has 3 aromatic rings. The summed E-state index contributed by atoms with van der Waals surface area (Å²) in [5.74, 6) is 0.405. The molecule has 31 heavy (non-hydrogen) atoms. The number of amides is 1. The maximum atomic E-state index is 12.2. The van der Waals surface area contributed by atoms with Crippen molar-refractivity contribution in [2.24, 2.45) is 0 Å². The van der Waals surface area contributed by atoms with Crippen LogP contribution < -0.4 is 14.8 Å². The molecule has 1 amide bonds. The molecule has 0 radical (unpaired) electrons. The first-order chi connectivity index (χ1) is 15.1. The largest absolute Gasteiger partial charge is 0.493 e. The highest BCUT2D eigenvalue weighted by molar-refractivity contribution is 5.91. The number of carbonyl (C=O) groups is 2. The summed E-state index contributed by atoms with van der Waals surface area (Å²) in [6, 6.07) is 22.6. The second-order valence-corrected chi connectivity index (χ2v) is 6.81. The van der Waals surface area contributed by atoms with Crippen molar-refractivity contribution in [3.8, 4) is 22.6 Å². The van der Waals surface area contributed by atoms with Crippen LogP contribution in [0, 0.1) is 0 Å². The molecule has 0 fully saturated rings. The third-order valence-electron chi connectivity index (χ3n) is 4.75.